The number of amides is 1. The number of nitrogens with one attached hydrogen (secondary N) is 1. The van der Waals surface area contributed by atoms with Crippen molar-refractivity contribution in [3.63, 3.8) is 0 Å². The van der Waals surface area contributed by atoms with Gasteiger partial charge in [0.2, 0.25) is 5.91 Å². The number of carboxylic acids is 1. The summed E-state index contributed by atoms with van der Waals surface area (Å²) in [5.41, 5.74) is 0.229. The van der Waals surface area contributed by atoms with Crippen LogP contribution in [0.25, 0.3) is 0 Å². The molecule has 2 aliphatic heterocycles. The molecule has 1 aliphatic carbocycles. The first-order valence-electron chi connectivity index (χ1n) is 8.45. The van der Waals surface area contributed by atoms with Crippen LogP contribution in [0.5, 0.6) is 0 Å². The predicted octanol–water partition coefficient (Wildman–Crippen LogP) is 2.20. The van der Waals surface area contributed by atoms with E-state index in [1.165, 1.54) is 6.42 Å². The molecule has 3 rings (SSSR count). The summed E-state index contributed by atoms with van der Waals surface area (Å²) in [5, 5.41) is 12.6. The van der Waals surface area contributed by atoms with Crippen LogP contribution >= 0.6 is 0 Å². The van der Waals surface area contributed by atoms with Crippen LogP contribution in [0.2, 0.25) is 0 Å². The highest BCUT2D eigenvalue weighted by molar-refractivity contribution is 5.86. The van der Waals surface area contributed by atoms with Gasteiger partial charge in [-0.15, -0.1) is 0 Å². The quantitative estimate of drug-likeness (QED) is 0.838. The fourth-order valence-electron chi connectivity index (χ4n) is 5.08. The zero-order valence-corrected chi connectivity index (χ0v) is 13.7. The summed E-state index contributed by atoms with van der Waals surface area (Å²) in [7, 11) is 0. The number of hydrogen-bond donors (Lipinski definition) is 2. The average Bonchev–Trinajstić information content (AvgIpc) is 2.95. The van der Waals surface area contributed by atoms with Gasteiger partial charge < -0.3 is 15.2 Å². The maximum absolute atomic E-state index is 12.7. The monoisotopic (exact) mass is 309 g/mol. The van der Waals surface area contributed by atoms with Crippen molar-refractivity contribution in [2.45, 2.75) is 71.1 Å². The number of aliphatic carboxylic acids is 1. The molecular formula is C17H27NO4. The molecular weight excluding hydrogens is 282 g/mol. The Kier molecular flexibility index (Phi) is 3.96. The minimum atomic E-state index is -0.898. The highest BCUT2D eigenvalue weighted by atomic mass is 16.5. The summed E-state index contributed by atoms with van der Waals surface area (Å²) in [5.74, 6) is -1.62. The van der Waals surface area contributed by atoms with Crippen molar-refractivity contribution in [2.24, 2.45) is 23.2 Å². The molecule has 2 N–H and O–H groups in total. The number of carbonyl (C=O) groups is 2. The molecule has 0 aromatic rings. The van der Waals surface area contributed by atoms with E-state index in [1.807, 2.05) is 0 Å². The number of hydrogen-bond acceptors (Lipinski definition) is 3. The minimum Gasteiger partial charge on any atom is -0.481 e. The van der Waals surface area contributed by atoms with Crippen molar-refractivity contribution in [1.82, 2.24) is 5.32 Å². The predicted molar refractivity (Wildman–Crippen MR) is 81.2 cm³/mol. The summed E-state index contributed by atoms with van der Waals surface area (Å²) in [4.78, 5) is 24.2. The Balaban J connectivity index is 1.68. The normalized spacial score (nSPS) is 43.0. The van der Waals surface area contributed by atoms with Gasteiger partial charge in [0.25, 0.3) is 0 Å². The fraction of sp³-hybridized carbons (Fsp3) is 0.882. The molecule has 22 heavy (non-hydrogen) atoms. The Morgan fingerprint density at radius 2 is 1.77 bits per heavy atom. The van der Waals surface area contributed by atoms with Crippen LogP contribution in [0.4, 0.5) is 0 Å². The maximum Gasteiger partial charge on any atom is 0.310 e. The topological polar surface area (TPSA) is 75.6 Å². The largest absolute Gasteiger partial charge is 0.481 e. The van der Waals surface area contributed by atoms with E-state index in [1.54, 1.807) is 0 Å². The standard InChI is InChI=1S/C17H27NO4/c1-9-6-10(8-17(2,3)7-9)18-15(19)13-11-4-5-12(22-11)14(13)16(20)21/h9-14H,4-8H2,1-3H3,(H,18,19)(H,20,21)/t9-,10-,11-,12-,13+,14-/m0/s1. The molecule has 0 aromatic carbocycles. The van der Waals surface area contributed by atoms with Gasteiger partial charge in [-0.25, -0.2) is 0 Å². The van der Waals surface area contributed by atoms with Gasteiger partial charge in [0.15, 0.2) is 0 Å². The molecule has 5 heteroatoms. The van der Waals surface area contributed by atoms with Crippen LogP contribution in [0, 0.1) is 23.2 Å². The zero-order valence-electron chi connectivity index (χ0n) is 13.7. The van der Waals surface area contributed by atoms with E-state index in [0.717, 1.165) is 25.7 Å². The van der Waals surface area contributed by atoms with Crippen molar-refractivity contribution in [3.05, 3.63) is 0 Å². The zero-order chi connectivity index (χ0) is 16.1. The third-order valence-electron chi connectivity index (χ3n) is 5.59. The van der Waals surface area contributed by atoms with E-state index < -0.39 is 17.8 Å². The second-order valence-corrected chi connectivity index (χ2v) is 8.30. The number of ether oxygens (including phenoxy) is 1. The van der Waals surface area contributed by atoms with Gasteiger partial charge in [0.05, 0.1) is 24.0 Å². The first-order valence-corrected chi connectivity index (χ1v) is 8.45. The van der Waals surface area contributed by atoms with E-state index in [-0.39, 0.29) is 29.6 Å². The molecule has 0 unspecified atom stereocenters. The van der Waals surface area contributed by atoms with E-state index in [2.05, 4.69) is 26.1 Å². The van der Waals surface area contributed by atoms with E-state index in [4.69, 9.17) is 4.74 Å². The second-order valence-electron chi connectivity index (χ2n) is 8.30. The lowest BCUT2D eigenvalue weighted by atomic mass is 9.70. The molecule has 3 fully saturated rings. The molecule has 5 nitrogen and oxygen atoms in total. The molecule has 124 valence electrons. The third-order valence-corrected chi connectivity index (χ3v) is 5.59. The number of rotatable bonds is 3. The second kappa shape index (κ2) is 5.52. The van der Waals surface area contributed by atoms with Crippen LogP contribution in [0.3, 0.4) is 0 Å². The molecule has 2 bridgehead atoms. The van der Waals surface area contributed by atoms with Crippen molar-refractivity contribution in [2.75, 3.05) is 0 Å². The van der Waals surface area contributed by atoms with Crippen molar-refractivity contribution >= 4 is 11.9 Å². The first-order chi connectivity index (χ1) is 10.3. The van der Waals surface area contributed by atoms with Crippen LogP contribution in [0.15, 0.2) is 0 Å². The molecule has 6 atom stereocenters. The highest BCUT2D eigenvalue weighted by Gasteiger charge is 2.55. The molecule has 2 saturated heterocycles. The van der Waals surface area contributed by atoms with Crippen molar-refractivity contribution in [1.29, 1.82) is 0 Å². The van der Waals surface area contributed by atoms with Gasteiger partial charge in [-0.3, -0.25) is 9.59 Å². The van der Waals surface area contributed by atoms with Crippen LogP contribution in [0.1, 0.15) is 52.9 Å². The molecule has 1 amide bonds. The Morgan fingerprint density at radius 3 is 2.36 bits per heavy atom. The van der Waals surface area contributed by atoms with Crippen LogP contribution in [-0.2, 0) is 14.3 Å². The van der Waals surface area contributed by atoms with Gasteiger partial charge in [0.1, 0.15) is 0 Å². The first kappa shape index (κ1) is 15.8. The Bertz CT molecular complexity index is 475. The Morgan fingerprint density at radius 1 is 1.14 bits per heavy atom. The van der Waals surface area contributed by atoms with Gasteiger partial charge in [-0.05, 0) is 43.4 Å². The van der Waals surface area contributed by atoms with E-state index in [9.17, 15) is 14.7 Å². The van der Waals surface area contributed by atoms with Gasteiger partial charge >= 0.3 is 5.97 Å². The lowest BCUT2D eigenvalue weighted by Gasteiger charge is -2.40. The van der Waals surface area contributed by atoms with Crippen molar-refractivity contribution in [3.8, 4) is 0 Å². The van der Waals surface area contributed by atoms with Gasteiger partial charge in [0, 0.05) is 6.04 Å². The van der Waals surface area contributed by atoms with Gasteiger partial charge in [-0.2, -0.15) is 0 Å². The smallest absolute Gasteiger partial charge is 0.310 e. The Labute approximate surface area is 131 Å². The van der Waals surface area contributed by atoms with E-state index in [0.29, 0.717) is 5.92 Å². The summed E-state index contributed by atoms with van der Waals surface area (Å²) >= 11 is 0. The molecule has 2 heterocycles. The molecule has 0 spiro atoms. The number of carboxylic acid groups (broad SMARTS) is 1. The SMILES string of the molecule is C[C@H]1C[C@H](NC(=O)[C@H]2[C@@H](C(=O)O)[C@@H]3CC[C@@H]2O3)CC(C)(C)C1. The molecule has 0 radical (unpaired) electrons. The Hall–Kier alpha value is -1.10. The van der Waals surface area contributed by atoms with Crippen LogP contribution < -0.4 is 5.32 Å². The number of carbonyl (C=O) groups excluding carboxylic acids is 1. The molecule has 3 aliphatic rings. The molecule has 0 aromatic heterocycles. The summed E-state index contributed by atoms with van der Waals surface area (Å²) in [6, 6.07) is 0.153. The van der Waals surface area contributed by atoms with Crippen molar-refractivity contribution < 1.29 is 19.4 Å². The maximum atomic E-state index is 12.7. The summed E-state index contributed by atoms with van der Waals surface area (Å²) in [6.07, 6.45) is 4.20. The lowest BCUT2D eigenvalue weighted by Crippen LogP contribution is -2.49. The lowest BCUT2D eigenvalue weighted by molar-refractivity contribution is -0.148. The summed E-state index contributed by atoms with van der Waals surface area (Å²) in [6.45, 7) is 6.70. The van der Waals surface area contributed by atoms with E-state index >= 15 is 0 Å². The van der Waals surface area contributed by atoms with Crippen LogP contribution in [-0.4, -0.2) is 35.2 Å². The third kappa shape index (κ3) is 2.87. The average molecular weight is 309 g/mol. The fourth-order valence-corrected chi connectivity index (χ4v) is 5.08. The minimum absolute atomic E-state index is 0.116. The molecule has 1 saturated carbocycles. The highest BCUT2D eigenvalue weighted by Crippen LogP contribution is 2.44. The summed E-state index contributed by atoms with van der Waals surface area (Å²) < 4.78 is 5.69. The van der Waals surface area contributed by atoms with Gasteiger partial charge in [-0.1, -0.05) is 20.8 Å². The number of fused-ring (bicyclic) bond motifs is 2.